The lowest BCUT2D eigenvalue weighted by Gasteiger charge is -2.10. The summed E-state index contributed by atoms with van der Waals surface area (Å²) in [4.78, 5) is 11.5. The van der Waals surface area contributed by atoms with E-state index in [1.165, 1.54) is 23.5 Å². The number of nitrogens with one attached hydrogen (secondary N) is 2. The maximum Gasteiger partial charge on any atom is 0.416 e. The Bertz CT molecular complexity index is 567. The number of anilines is 2. The van der Waals surface area contributed by atoms with Gasteiger partial charge in [0.25, 0.3) is 0 Å². The summed E-state index contributed by atoms with van der Waals surface area (Å²) in [5.74, 6) is 0. The van der Waals surface area contributed by atoms with E-state index >= 15 is 0 Å². The maximum absolute atomic E-state index is 12.5. The molecule has 1 aromatic heterocycles. The van der Waals surface area contributed by atoms with Gasteiger partial charge in [-0.2, -0.15) is 24.5 Å². The van der Waals surface area contributed by atoms with E-state index in [4.69, 9.17) is 0 Å². The van der Waals surface area contributed by atoms with Crippen LogP contribution in [0.4, 0.5) is 29.3 Å². The van der Waals surface area contributed by atoms with Crippen molar-refractivity contribution in [2.75, 3.05) is 10.6 Å². The molecular formula is C12H9F3N2OS. The Kier molecular flexibility index (Phi) is 3.75. The van der Waals surface area contributed by atoms with Gasteiger partial charge in [0.05, 0.1) is 11.3 Å². The molecule has 0 atom stereocenters. The van der Waals surface area contributed by atoms with Crippen molar-refractivity contribution in [3.63, 3.8) is 0 Å². The number of halogens is 3. The highest BCUT2D eigenvalue weighted by Gasteiger charge is 2.30. The van der Waals surface area contributed by atoms with E-state index in [1.54, 1.807) is 16.8 Å². The normalized spacial score (nSPS) is 11.1. The van der Waals surface area contributed by atoms with Crippen molar-refractivity contribution in [2.24, 2.45) is 0 Å². The minimum Gasteiger partial charge on any atom is -0.308 e. The van der Waals surface area contributed by atoms with Crippen molar-refractivity contribution in [1.82, 2.24) is 0 Å². The number of carbonyl (C=O) groups is 1. The zero-order chi connectivity index (χ0) is 13.9. The topological polar surface area (TPSA) is 41.1 Å². The molecule has 2 aromatic rings. The number of urea groups is 1. The summed E-state index contributed by atoms with van der Waals surface area (Å²) < 4.78 is 37.5. The third kappa shape index (κ3) is 3.72. The number of carbonyl (C=O) groups excluding carboxylic acids is 1. The molecule has 0 radical (unpaired) electrons. The number of hydrogen-bond donors (Lipinski definition) is 2. The lowest BCUT2D eigenvalue weighted by atomic mass is 10.2. The summed E-state index contributed by atoms with van der Waals surface area (Å²) in [5, 5.41) is 8.35. The summed E-state index contributed by atoms with van der Waals surface area (Å²) in [6.45, 7) is 0. The van der Waals surface area contributed by atoms with E-state index in [0.29, 0.717) is 5.69 Å². The lowest BCUT2D eigenvalue weighted by molar-refractivity contribution is -0.137. The largest absolute Gasteiger partial charge is 0.416 e. The van der Waals surface area contributed by atoms with Crippen molar-refractivity contribution in [3.05, 3.63) is 46.7 Å². The number of benzene rings is 1. The Morgan fingerprint density at radius 1 is 1.11 bits per heavy atom. The number of thiophene rings is 1. The van der Waals surface area contributed by atoms with E-state index in [1.807, 2.05) is 0 Å². The third-order valence-corrected chi connectivity index (χ3v) is 2.91. The van der Waals surface area contributed by atoms with Gasteiger partial charge in [-0.3, -0.25) is 0 Å². The maximum atomic E-state index is 12.5. The summed E-state index contributed by atoms with van der Waals surface area (Å²) in [7, 11) is 0. The lowest BCUT2D eigenvalue weighted by Crippen LogP contribution is -2.19. The van der Waals surface area contributed by atoms with E-state index in [-0.39, 0.29) is 5.69 Å². The van der Waals surface area contributed by atoms with Gasteiger partial charge in [-0.25, -0.2) is 4.79 Å². The Labute approximate surface area is 111 Å². The average Bonchev–Trinajstić information content (AvgIpc) is 2.80. The van der Waals surface area contributed by atoms with E-state index in [0.717, 1.165) is 12.1 Å². The molecule has 0 aliphatic carbocycles. The zero-order valence-corrected chi connectivity index (χ0v) is 10.3. The molecule has 0 unspecified atom stereocenters. The van der Waals surface area contributed by atoms with Crippen LogP contribution in [0.5, 0.6) is 0 Å². The Morgan fingerprint density at radius 3 is 2.47 bits per heavy atom. The smallest absolute Gasteiger partial charge is 0.308 e. The number of hydrogen-bond acceptors (Lipinski definition) is 2. The van der Waals surface area contributed by atoms with Crippen LogP contribution in [-0.2, 0) is 6.18 Å². The molecule has 100 valence electrons. The van der Waals surface area contributed by atoms with Crippen LogP contribution in [0.15, 0.2) is 41.1 Å². The van der Waals surface area contributed by atoms with Crippen LogP contribution in [0, 0.1) is 0 Å². The number of rotatable bonds is 2. The minimum atomic E-state index is -4.43. The Hall–Kier alpha value is -2.02. The molecule has 19 heavy (non-hydrogen) atoms. The first-order valence-electron chi connectivity index (χ1n) is 5.22. The fourth-order valence-corrected chi connectivity index (χ4v) is 1.99. The molecule has 2 rings (SSSR count). The summed E-state index contributed by atoms with van der Waals surface area (Å²) in [6.07, 6.45) is -4.43. The third-order valence-electron chi connectivity index (χ3n) is 2.23. The highest BCUT2D eigenvalue weighted by molar-refractivity contribution is 7.08. The molecule has 2 N–H and O–H groups in total. The van der Waals surface area contributed by atoms with Crippen molar-refractivity contribution in [1.29, 1.82) is 0 Å². The molecular weight excluding hydrogens is 277 g/mol. The van der Waals surface area contributed by atoms with Crippen LogP contribution in [0.3, 0.4) is 0 Å². The van der Waals surface area contributed by atoms with Gasteiger partial charge in [-0.15, -0.1) is 0 Å². The van der Waals surface area contributed by atoms with Crippen LogP contribution in [0.1, 0.15) is 5.56 Å². The molecule has 3 nitrogen and oxygen atoms in total. The van der Waals surface area contributed by atoms with Gasteiger partial charge in [0.1, 0.15) is 0 Å². The second-order valence-corrected chi connectivity index (χ2v) is 4.45. The fraction of sp³-hybridized carbons (Fsp3) is 0.0833. The summed E-state index contributed by atoms with van der Waals surface area (Å²) in [5.41, 5.74) is -0.127. The SMILES string of the molecule is O=C(Nc1ccsc1)Nc1cccc(C(F)(F)F)c1. The van der Waals surface area contributed by atoms with Gasteiger partial charge in [0, 0.05) is 11.1 Å². The van der Waals surface area contributed by atoms with E-state index in [9.17, 15) is 18.0 Å². The molecule has 0 fully saturated rings. The van der Waals surface area contributed by atoms with Gasteiger partial charge in [-0.1, -0.05) is 6.07 Å². The summed E-state index contributed by atoms with van der Waals surface area (Å²) >= 11 is 1.40. The second-order valence-electron chi connectivity index (χ2n) is 3.67. The molecule has 0 saturated carbocycles. The zero-order valence-electron chi connectivity index (χ0n) is 9.49. The molecule has 0 spiro atoms. The van der Waals surface area contributed by atoms with E-state index < -0.39 is 17.8 Å². The average molecular weight is 286 g/mol. The van der Waals surface area contributed by atoms with Crippen molar-refractivity contribution in [2.45, 2.75) is 6.18 Å². The monoisotopic (exact) mass is 286 g/mol. The molecule has 0 bridgehead atoms. The molecule has 0 aliphatic heterocycles. The fourth-order valence-electron chi connectivity index (χ4n) is 1.40. The second kappa shape index (κ2) is 5.31. The standard InChI is InChI=1S/C12H9F3N2OS/c13-12(14,15)8-2-1-3-9(6-8)16-11(18)17-10-4-5-19-7-10/h1-7H,(H2,16,17,18). The van der Waals surface area contributed by atoms with Crippen molar-refractivity contribution < 1.29 is 18.0 Å². The summed E-state index contributed by atoms with van der Waals surface area (Å²) in [6, 6.07) is 5.56. The van der Waals surface area contributed by atoms with E-state index in [2.05, 4.69) is 10.6 Å². The van der Waals surface area contributed by atoms with Crippen molar-refractivity contribution in [3.8, 4) is 0 Å². The van der Waals surface area contributed by atoms with Gasteiger partial charge >= 0.3 is 12.2 Å². The predicted molar refractivity (Wildman–Crippen MR) is 68.4 cm³/mol. The minimum absolute atomic E-state index is 0.0857. The highest BCUT2D eigenvalue weighted by atomic mass is 32.1. The molecule has 0 saturated heterocycles. The highest BCUT2D eigenvalue weighted by Crippen LogP contribution is 2.30. The number of amides is 2. The van der Waals surface area contributed by atoms with Crippen LogP contribution in [-0.4, -0.2) is 6.03 Å². The molecule has 0 aliphatic rings. The van der Waals surface area contributed by atoms with Crippen LogP contribution >= 0.6 is 11.3 Å². The van der Waals surface area contributed by atoms with Gasteiger partial charge in [0.15, 0.2) is 0 Å². The quantitative estimate of drug-likeness (QED) is 0.843. The predicted octanol–water partition coefficient (Wildman–Crippen LogP) is 4.41. The van der Waals surface area contributed by atoms with Gasteiger partial charge < -0.3 is 10.6 Å². The first-order chi connectivity index (χ1) is 8.95. The first kappa shape index (κ1) is 13.4. The number of alkyl halides is 3. The molecule has 1 aromatic carbocycles. The molecule has 7 heteroatoms. The molecule has 1 heterocycles. The Balaban J connectivity index is 2.05. The van der Waals surface area contributed by atoms with Crippen LogP contribution < -0.4 is 10.6 Å². The van der Waals surface area contributed by atoms with Gasteiger partial charge in [0.2, 0.25) is 0 Å². The first-order valence-corrected chi connectivity index (χ1v) is 6.17. The molecule has 2 amide bonds. The Morgan fingerprint density at radius 2 is 1.84 bits per heavy atom. The van der Waals surface area contributed by atoms with Crippen molar-refractivity contribution >= 4 is 28.7 Å². The van der Waals surface area contributed by atoms with Crippen LogP contribution in [0.25, 0.3) is 0 Å². The van der Waals surface area contributed by atoms with Gasteiger partial charge in [-0.05, 0) is 29.6 Å². The van der Waals surface area contributed by atoms with Crippen LogP contribution in [0.2, 0.25) is 0 Å².